The summed E-state index contributed by atoms with van der Waals surface area (Å²) in [6.07, 6.45) is 1.76. The van der Waals surface area contributed by atoms with Gasteiger partial charge >= 0.3 is 6.09 Å². The SMILES string of the molecule is Cn1cnc2cc(C(C)(C=O)NC(=O)OC(C)(C)C)ccc21. The van der Waals surface area contributed by atoms with Gasteiger partial charge in [0.05, 0.1) is 17.4 Å². The monoisotopic (exact) mass is 303 g/mol. The van der Waals surface area contributed by atoms with E-state index in [1.807, 2.05) is 17.7 Å². The van der Waals surface area contributed by atoms with E-state index in [-0.39, 0.29) is 0 Å². The van der Waals surface area contributed by atoms with E-state index in [0.29, 0.717) is 11.8 Å². The molecule has 1 amide bonds. The Labute approximate surface area is 129 Å². The van der Waals surface area contributed by atoms with Crippen LogP contribution in [0.2, 0.25) is 0 Å². The number of rotatable bonds is 3. The molecule has 0 aliphatic heterocycles. The summed E-state index contributed by atoms with van der Waals surface area (Å²) in [5, 5.41) is 2.62. The van der Waals surface area contributed by atoms with Gasteiger partial charge in [0.15, 0.2) is 0 Å². The molecule has 6 nitrogen and oxygen atoms in total. The summed E-state index contributed by atoms with van der Waals surface area (Å²) < 4.78 is 7.11. The van der Waals surface area contributed by atoms with Gasteiger partial charge in [0.25, 0.3) is 0 Å². The predicted octanol–water partition coefficient (Wildman–Crippen LogP) is 2.51. The first-order chi connectivity index (χ1) is 10.1. The van der Waals surface area contributed by atoms with Crippen LogP contribution in [0.3, 0.4) is 0 Å². The van der Waals surface area contributed by atoms with Crippen molar-refractivity contribution < 1.29 is 14.3 Å². The van der Waals surface area contributed by atoms with Crippen LogP contribution in [0, 0.1) is 0 Å². The normalized spacial score (nSPS) is 14.4. The highest BCUT2D eigenvalue weighted by atomic mass is 16.6. The third kappa shape index (κ3) is 3.27. The fourth-order valence-corrected chi connectivity index (χ4v) is 2.14. The second kappa shape index (κ2) is 5.44. The summed E-state index contributed by atoms with van der Waals surface area (Å²) in [7, 11) is 1.90. The number of amides is 1. The Morgan fingerprint density at radius 3 is 2.59 bits per heavy atom. The van der Waals surface area contributed by atoms with E-state index in [9.17, 15) is 9.59 Å². The first-order valence-electron chi connectivity index (χ1n) is 7.04. The van der Waals surface area contributed by atoms with Gasteiger partial charge in [-0.25, -0.2) is 9.78 Å². The fourth-order valence-electron chi connectivity index (χ4n) is 2.14. The maximum absolute atomic E-state index is 12.0. The number of carbonyl (C=O) groups is 2. The molecule has 1 heterocycles. The molecule has 0 saturated heterocycles. The minimum absolute atomic E-state index is 0.626. The molecule has 1 aromatic heterocycles. The first-order valence-corrected chi connectivity index (χ1v) is 7.04. The zero-order valence-corrected chi connectivity index (χ0v) is 13.5. The molecule has 0 saturated carbocycles. The highest BCUT2D eigenvalue weighted by Gasteiger charge is 2.31. The van der Waals surface area contributed by atoms with E-state index in [1.54, 1.807) is 46.2 Å². The van der Waals surface area contributed by atoms with Crippen LogP contribution >= 0.6 is 0 Å². The predicted molar refractivity (Wildman–Crippen MR) is 83.5 cm³/mol. The summed E-state index contributed by atoms with van der Waals surface area (Å²) in [4.78, 5) is 27.8. The Morgan fingerprint density at radius 2 is 2.00 bits per heavy atom. The number of aromatic nitrogens is 2. The summed E-state index contributed by atoms with van der Waals surface area (Å²) in [5.41, 5.74) is 0.570. The zero-order chi connectivity index (χ0) is 16.5. The molecule has 0 spiro atoms. The molecule has 1 aromatic carbocycles. The van der Waals surface area contributed by atoms with Crippen molar-refractivity contribution in [1.82, 2.24) is 14.9 Å². The average Bonchev–Trinajstić information content (AvgIpc) is 2.77. The van der Waals surface area contributed by atoms with Gasteiger partial charge in [0.1, 0.15) is 17.4 Å². The molecule has 6 heteroatoms. The molecule has 118 valence electrons. The van der Waals surface area contributed by atoms with E-state index < -0.39 is 17.2 Å². The molecular formula is C16H21N3O3. The number of nitrogens with one attached hydrogen (secondary N) is 1. The Kier molecular flexibility index (Phi) is 3.96. The maximum atomic E-state index is 12.0. The zero-order valence-electron chi connectivity index (χ0n) is 13.5. The van der Waals surface area contributed by atoms with Gasteiger partial charge in [-0.05, 0) is 45.4 Å². The Balaban J connectivity index is 2.31. The molecule has 1 unspecified atom stereocenters. The molecule has 0 radical (unpaired) electrons. The van der Waals surface area contributed by atoms with Gasteiger partial charge < -0.3 is 19.4 Å². The van der Waals surface area contributed by atoms with Gasteiger partial charge in [-0.15, -0.1) is 0 Å². The first kappa shape index (κ1) is 16.0. The third-order valence-electron chi connectivity index (χ3n) is 3.32. The van der Waals surface area contributed by atoms with Crippen molar-refractivity contribution in [2.24, 2.45) is 7.05 Å². The standard InChI is InChI=1S/C16H21N3O3/c1-15(2,3)22-14(21)18-16(4,9-20)11-6-7-13-12(8-11)17-10-19(13)5/h6-10H,1-5H3,(H,18,21). The topological polar surface area (TPSA) is 73.2 Å². The van der Waals surface area contributed by atoms with Crippen molar-refractivity contribution in [3.05, 3.63) is 30.1 Å². The summed E-state index contributed by atoms with van der Waals surface area (Å²) in [6.45, 7) is 6.94. The highest BCUT2D eigenvalue weighted by Crippen LogP contribution is 2.23. The van der Waals surface area contributed by atoms with Crippen LogP contribution in [0.4, 0.5) is 4.79 Å². The van der Waals surface area contributed by atoms with Crippen molar-refractivity contribution in [2.45, 2.75) is 38.8 Å². The number of hydrogen-bond acceptors (Lipinski definition) is 4. The minimum Gasteiger partial charge on any atom is -0.444 e. The molecular weight excluding hydrogens is 282 g/mol. The van der Waals surface area contributed by atoms with E-state index in [4.69, 9.17) is 4.74 Å². The fraction of sp³-hybridized carbons (Fsp3) is 0.438. The van der Waals surface area contributed by atoms with Crippen molar-refractivity contribution in [3.8, 4) is 0 Å². The number of hydrogen-bond donors (Lipinski definition) is 1. The number of benzene rings is 1. The molecule has 0 fully saturated rings. The van der Waals surface area contributed by atoms with Crippen molar-refractivity contribution in [1.29, 1.82) is 0 Å². The molecule has 0 aliphatic carbocycles. The lowest BCUT2D eigenvalue weighted by Crippen LogP contribution is -2.46. The molecule has 0 bridgehead atoms. The Morgan fingerprint density at radius 1 is 1.32 bits per heavy atom. The second-order valence-electron chi connectivity index (χ2n) is 6.51. The molecule has 1 N–H and O–H groups in total. The van der Waals surface area contributed by atoms with Crippen LogP contribution < -0.4 is 5.32 Å². The summed E-state index contributed by atoms with van der Waals surface area (Å²) in [5.74, 6) is 0. The number of imidazole rings is 1. The Bertz CT molecular complexity index is 715. The van der Waals surface area contributed by atoms with Crippen molar-refractivity contribution >= 4 is 23.4 Å². The number of carbonyl (C=O) groups excluding carboxylic acids is 2. The molecule has 1 atom stereocenters. The number of aryl methyl sites for hydroxylation is 1. The maximum Gasteiger partial charge on any atom is 0.408 e. The molecule has 0 aliphatic rings. The van der Waals surface area contributed by atoms with E-state index >= 15 is 0 Å². The van der Waals surface area contributed by atoms with Gasteiger partial charge in [-0.1, -0.05) is 6.07 Å². The van der Waals surface area contributed by atoms with Crippen molar-refractivity contribution in [2.75, 3.05) is 0 Å². The van der Waals surface area contributed by atoms with E-state index in [1.165, 1.54) is 0 Å². The lowest BCUT2D eigenvalue weighted by molar-refractivity contribution is -0.113. The molecule has 22 heavy (non-hydrogen) atoms. The van der Waals surface area contributed by atoms with Crippen LogP contribution in [0.25, 0.3) is 11.0 Å². The smallest absolute Gasteiger partial charge is 0.408 e. The highest BCUT2D eigenvalue weighted by molar-refractivity contribution is 5.82. The summed E-state index contributed by atoms with van der Waals surface area (Å²) >= 11 is 0. The van der Waals surface area contributed by atoms with Crippen LogP contribution in [-0.4, -0.2) is 27.5 Å². The number of aldehydes is 1. The van der Waals surface area contributed by atoms with Crippen LogP contribution in [0.5, 0.6) is 0 Å². The minimum atomic E-state index is -1.17. The van der Waals surface area contributed by atoms with Gasteiger partial charge in [0.2, 0.25) is 0 Å². The molecule has 2 aromatic rings. The van der Waals surface area contributed by atoms with Gasteiger partial charge in [-0.2, -0.15) is 0 Å². The van der Waals surface area contributed by atoms with Crippen LogP contribution in [-0.2, 0) is 22.1 Å². The summed E-state index contributed by atoms with van der Waals surface area (Å²) in [6, 6.07) is 5.47. The number of alkyl carbamates (subject to hydrolysis) is 1. The Hall–Kier alpha value is -2.37. The number of ether oxygens (including phenoxy) is 1. The lowest BCUT2D eigenvalue weighted by Gasteiger charge is -2.27. The number of nitrogens with zero attached hydrogens (tertiary/aromatic N) is 2. The average molecular weight is 303 g/mol. The van der Waals surface area contributed by atoms with Crippen LogP contribution in [0.15, 0.2) is 24.5 Å². The second-order valence-corrected chi connectivity index (χ2v) is 6.51. The number of fused-ring (bicyclic) bond motifs is 1. The lowest BCUT2D eigenvalue weighted by atomic mass is 9.93. The molecule has 2 rings (SSSR count). The quantitative estimate of drug-likeness (QED) is 0.884. The van der Waals surface area contributed by atoms with Gasteiger partial charge in [0, 0.05) is 7.05 Å². The van der Waals surface area contributed by atoms with E-state index in [2.05, 4.69) is 10.3 Å². The largest absolute Gasteiger partial charge is 0.444 e. The van der Waals surface area contributed by atoms with Crippen molar-refractivity contribution in [3.63, 3.8) is 0 Å². The van der Waals surface area contributed by atoms with Gasteiger partial charge in [-0.3, -0.25) is 0 Å². The third-order valence-corrected chi connectivity index (χ3v) is 3.32. The van der Waals surface area contributed by atoms with E-state index in [0.717, 1.165) is 11.0 Å². The van der Waals surface area contributed by atoms with Crippen LogP contribution in [0.1, 0.15) is 33.3 Å².